The van der Waals surface area contributed by atoms with E-state index in [4.69, 9.17) is 0 Å². The highest BCUT2D eigenvalue weighted by Crippen LogP contribution is 2.14. The molecule has 22 heavy (non-hydrogen) atoms. The summed E-state index contributed by atoms with van der Waals surface area (Å²) in [5.74, 6) is -0.330. The second-order valence-electron chi connectivity index (χ2n) is 4.67. The highest BCUT2D eigenvalue weighted by molar-refractivity contribution is 5.92. The van der Waals surface area contributed by atoms with Gasteiger partial charge in [-0.25, -0.2) is 4.68 Å². The molecular formula is C16H13N5O. The van der Waals surface area contributed by atoms with Crippen molar-refractivity contribution in [3.63, 3.8) is 0 Å². The fourth-order valence-electron chi connectivity index (χ4n) is 2.08. The van der Waals surface area contributed by atoms with E-state index >= 15 is 0 Å². The fourth-order valence-corrected chi connectivity index (χ4v) is 2.08. The van der Waals surface area contributed by atoms with Crippen LogP contribution >= 0.6 is 0 Å². The van der Waals surface area contributed by atoms with Crippen LogP contribution in [0.25, 0.3) is 5.69 Å². The van der Waals surface area contributed by atoms with Crippen LogP contribution in [0, 0.1) is 11.3 Å². The minimum Gasteiger partial charge on any atom is -0.357 e. The molecule has 3 aromatic rings. The predicted molar refractivity (Wildman–Crippen MR) is 80.2 cm³/mol. The van der Waals surface area contributed by atoms with Gasteiger partial charge in [0, 0.05) is 18.0 Å². The first kappa shape index (κ1) is 13.6. The monoisotopic (exact) mass is 291 g/mol. The van der Waals surface area contributed by atoms with Crippen molar-refractivity contribution in [3.05, 3.63) is 72.3 Å². The third kappa shape index (κ3) is 2.74. The van der Waals surface area contributed by atoms with Gasteiger partial charge in [-0.15, -0.1) is 0 Å². The number of nitrogens with one attached hydrogen (secondary N) is 2. The second-order valence-corrected chi connectivity index (χ2v) is 4.67. The third-order valence-electron chi connectivity index (χ3n) is 3.20. The van der Waals surface area contributed by atoms with Gasteiger partial charge in [-0.1, -0.05) is 18.2 Å². The lowest BCUT2D eigenvalue weighted by molar-refractivity contribution is 0.0941. The quantitative estimate of drug-likeness (QED) is 0.772. The maximum atomic E-state index is 12.0. The number of aromatic amines is 1. The van der Waals surface area contributed by atoms with Crippen molar-refractivity contribution in [1.29, 1.82) is 5.26 Å². The van der Waals surface area contributed by atoms with E-state index in [2.05, 4.69) is 21.5 Å². The van der Waals surface area contributed by atoms with E-state index in [1.807, 2.05) is 30.3 Å². The van der Waals surface area contributed by atoms with Gasteiger partial charge in [0.25, 0.3) is 5.91 Å². The molecule has 0 radical (unpaired) electrons. The average molecular weight is 291 g/mol. The lowest BCUT2D eigenvalue weighted by atomic mass is 10.2. The molecule has 0 aliphatic heterocycles. The van der Waals surface area contributed by atoms with Crippen LogP contribution in [-0.4, -0.2) is 20.7 Å². The molecule has 0 bridgehead atoms. The topological polar surface area (TPSA) is 86.5 Å². The summed E-state index contributed by atoms with van der Waals surface area (Å²) >= 11 is 0. The number of rotatable bonds is 4. The van der Waals surface area contributed by atoms with Gasteiger partial charge in [-0.2, -0.15) is 10.4 Å². The molecule has 0 spiro atoms. The zero-order valence-electron chi connectivity index (χ0n) is 11.6. The summed E-state index contributed by atoms with van der Waals surface area (Å²) in [6, 6.07) is 14.3. The molecule has 108 valence electrons. The zero-order valence-corrected chi connectivity index (χ0v) is 11.6. The van der Waals surface area contributed by atoms with Crippen LogP contribution in [0.4, 0.5) is 0 Å². The van der Waals surface area contributed by atoms with E-state index in [0.717, 1.165) is 5.69 Å². The molecule has 1 amide bonds. The summed E-state index contributed by atoms with van der Waals surface area (Å²) in [6.07, 6.45) is 4.97. The Hall–Kier alpha value is -3.33. The summed E-state index contributed by atoms with van der Waals surface area (Å²) in [5.41, 5.74) is 1.93. The maximum Gasteiger partial charge on any atom is 0.268 e. The molecule has 0 aliphatic rings. The van der Waals surface area contributed by atoms with E-state index in [1.165, 1.54) is 0 Å². The van der Waals surface area contributed by atoms with Gasteiger partial charge in [0.05, 0.1) is 18.0 Å². The molecule has 3 rings (SSSR count). The molecule has 0 aliphatic carbocycles. The lowest BCUT2D eigenvalue weighted by Gasteiger charge is -2.08. The van der Waals surface area contributed by atoms with Crippen molar-refractivity contribution >= 4 is 5.91 Å². The number of para-hydroxylation sites is 1. The Morgan fingerprint density at radius 1 is 1.27 bits per heavy atom. The molecular weight excluding hydrogens is 278 g/mol. The van der Waals surface area contributed by atoms with Crippen molar-refractivity contribution in [2.75, 3.05) is 0 Å². The minimum absolute atomic E-state index is 0.330. The van der Waals surface area contributed by atoms with Crippen molar-refractivity contribution in [3.8, 4) is 11.8 Å². The molecule has 0 fully saturated rings. The molecule has 1 atom stereocenters. The number of carbonyl (C=O) groups is 1. The van der Waals surface area contributed by atoms with Crippen LogP contribution < -0.4 is 5.32 Å². The van der Waals surface area contributed by atoms with E-state index < -0.39 is 6.04 Å². The van der Waals surface area contributed by atoms with Crippen molar-refractivity contribution in [1.82, 2.24) is 20.1 Å². The Morgan fingerprint density at radius 2 is 2.09 bits per heavy atom. The molecule has 0 unspecified atom stereocenters. The Bertz CT molecular complexity index is 799. The smallest absolute Gasteiger partial charge is 0.268 e. The Kier molecular flexibility index (Phi) is 3.70. The second kappa shape index (κ2) is 5.97. The summed E-state index contributed by atoms with van der Waals surface area (Å²) in [6.45, 7) is 0. The first-order valence-electron chi connectivity index (χ1n) is 6.72. The number of nitrogens with zero attached hydrogens (tertiary/aromatic N) is 3. The first-order valence-corrected chi connectivity index (χ1v) is 6.72. The molecule has 2 N–H and O–H groups in total. The average Bonchev–Trinajstić information content (AvgIpc) is 3.24. The van der Waals surface area contributed by atoms with Gasteiger partial charge < -0.3 is 10.3 Å². The van der Waals surface area contributed by atoms with Crippen molar-refractivity contribution < 1.29 is 4.79 Å². The lowest BCUT2D eigenvalue weighted by Crippen LogP contribution is -2.27. The number of benzene rings is 1. The summed E-state index contributed by atoms with van der Waals surface area (Å²) in [7, 11) is 0. The van der Waals surface area contributed by atoms with Crippen LogP contribution in [0.2, 0.25) is 0 Å². The highest BCUT2D eigenvalue weighted by atomic mass is 16.1. The van der Waals surface area contributed by atoms with Crippen LogP contribution in [0.5, 0.6) is 0 Å². The number of aromatic nitrogens is 3. The summed E-state index contributed by atoms with van der Waals surface area (Å²) in [5, 5.41) is 16.2. The van der Waals surface area contributed by atoms with Crippen molar-refractivity contribution in [2.45, 2.75) is 6.04 Å². The van der Waals surface area contributed by atoms with Crippen LogP contribution in [-0.2, 0) is 0 Å². The normalized spacial score (nSPS) is 11.6. The number of carbonyl (C=O) groups excluding carboxylic acids is 1. The molecule has 0 saturated carbocycles. The summed E-state index contributed by atoms with van der Waals surface area (Å²) < 4.78 is 1.67. The van der Waals surface area contributed by atoms with Crippen molar-refractivity contribution in [2.24, 2.45) is 0 Å². The van der Waals surface area contributed by atoms with E-state index in [9.17, 15) is 10.1 Å². The molecule has 0 saturated heterocycles. The molecule has 1 aromatic carbocycles. The van der Waals surface area contributed by atoms with Gasteiger partial charge in [-0.3, -0.25) is 4.79 Å². The van der Waals surface area contributed by atoms with E-state index in [0.29, 0.717) is 11.3 Å². The minimum atomic E-state index is -0.756. The van der Waals surface area contributed by atoms with Gasteiger partial charge in [-0.05, 0) is 24.3 Å². The molecule has 2 aromatic heterocycles. The van der Waals surface area contributed by atoms with Gasteiger partial charge in [0.2, 0.25) is 0 Å². The Labute approximate surface area is 127 Å². The molecule has 6 heteroatoms. The number of amides is 1. The predicted octanol–water partition coefficient (Wildman–Crippen LogP) is 2.20. The van der Waals surface area contributed by atoms with Gasteiger partial charge >= 0.3 is 0 Å². The van der Waals surface area contributed by atoms with Crippen LogP contribution in [0.15, 0.2) is 61.1 Å². The molecule has 2 heterocycles. The number of hydrogen-bond acceptors (Lipinski definition) is 3. The molecule has 6 nitrogen and oxygen atoms in total. The Balaban J connectivity index is 1.79. The fraction of sp³-hybridized carbons (Fsp3) is 0.0625. The zero-order chi connectivity index (χ0) is 15.4. The van der Waals surface area contributed by atoms with Crippen LogP contribution in [0.3, 0.4) is 0 Å². The van der Waals surface area contributed by atoms with E-state index in [-0.39, 0.29) is 5.91 Å². The highest BCUT2D eigenvalue weighted by Gasteiger charge is 2.17. The van der Waals surface area contributed by atoms with Gasteiger partial charge in [0.15, 0.2) is 0 Å². The number of hydrogen-bond donors (Lipinski definition) is 2. The number of nitriles is 1. The summed E-state index contributed by atoms with van der Waals surface area (Å²) in [4.78, 5) is 14.8. The Morgan fingerprint density at radius 3 is 2.77 bits per heavy atom. The third-order valence-corrected chi connectivity index (χ3v) is 3.20. The standard InChI is InChI=1S/C16H13N5O/c17-9-15(20-16(22)14-7-4-8-18-14)12-10-19-21(11-12)13-5-2-1-3-6-13/h1-8,10-11,15,18H,(H,20,22)/t15-/m1/s1. The largest absolute Gasteiger partial charge is 0.357 e. The SMILES string of the molecule is N#C[C@@H](NC(=O)c1ccc[nH]1)c1cnn(-c2ccccc2)c1. The van der Waals surface area contributed by atoms with Gasteiger partial charge in [0.1, 0.15) is 11.7 Å². The maximum absolute atomic E-state index is 12.0. The first-order chi connectivity index (χ1) is 10.8. The van der Waals surface area contributed by atoms with Crippen LogP contribution in [0.1, 0.15) is 22.1 Å². The number of H-pyrrole nitrogens is 1. The van der Waals surface area contributed by atoms with E-state index in [1.54, 1.807) is 35.4 Å².